The molecule has 1 unspecified atom stereocenters. The first-order valence-electron chi connectivity index (χ1n) is 10.4. The Kier molecular flexibility index (Phi) is 7.60. The van der Waals surface area contributed by atoms with Crippen molar-refractivity contribution in [1.29, 1.82) is 0 Å². The van der Waals surface area contributed by atoms with Gasteiger partial charge in [0.2, 0.25) is 5.91 Å². The second-order valence-corrected chi connectivity index (χ2v) is 8.67. The van der Waals surface area contributed by atoms with Crippen molar-refractivity contribution >= 4 is 28.6 Å². The minimum atomic E-state index is -4.55. The second kappa shape index (κ2) is 10.2. The number of alkyl halides is 3. The molecule has 3 rings (SSSR count). The third-order valence-electron chi connectivity index (χ3n) is 4.91. The molecule has 9 heteroatoms. The monoisotopic (exact) mass is 463 g/mol. The quantitative estimate of drug-likeness (QED) is 0.284. The Bertz CT molecular complexity index is 1160. The largest absolute Gasteiger partial charge is 0.416 e. The van der Waals surface area contributed by atoms with Crippen LogP contribution in [0.1, 0.15) is 38.7 Å². The molecule has 0 fully saturated rings. The molecule has 1 heterocycles. The van der Waals surface area contributed by atoms with E-state index in [0.29, 0.717) is 12.1 Å². The smallest absolute Gasteiger partial charge is 0.355 e. The molecule has 0 radical (unpaired) electrons. The fraction of sp³-hybridized carbons (Fsp3) is 0.348. The van der Waals surface area contributed by atoms with Crippen LogP contribution >= 0.6 is 11.8 Å². The number of aromatic nitrogens is 2. The van der Waals surface area contributed by atoms with E-state index in [-0.39, 0.29) is 22.1 Å². The average Bonchev–Trinajstić information content (AvgIpc) is 2.76. The van der Waals surface area contributed by atoms with Crippen molar-refractivity contribution in [2.24, 2.45) is 0 Å². The zero-order valence-electron chi connectivity index (χ0n) is 17.8. The van der Waals surface area contributed by atoms with E-state index < -0.39 is 22.5 Å². The summed E-state index contributed by atoms with van der Waals surface area (Å²) in [6.07, 6.45) is -1.65. The van der Waals surface area contributed by atoms with Gasteiger partial charge >= 0.3 is 6.18 Å². The lowest BCUT2D eigenvalue weighted by Gasteiger charge is -2.17. The van der Waals surface area contributed by atoms with E-state index in [0.717, 1.165) is 47.7 Å². The molecule has 0 bridgehead atoms. The maximum Gasteiger partial charge on any atom is 0.416 e. The van der Waals surface area contributed by atoms with Crippen molar-refractivity contribution in [1.82, 2.24) is 14.9 Å². The number of para-hydroxylation sites is 1. The Morgan fingerprint density at radius 2 is 1.91 bits per heavy atom. The van der Waals surface area contributed by atoms with E-state index in [2.05, 4.69) is 17.2 Å². The first kappa shape index (κ1) is 23.8. The highest BCUT2D eigenvalue weighted by Gasteiger charge is 2.31. The zero-order chi connectivity index (χ0) is 23.3. The van der Waals surface area contributed by atoms with Gasteiger partial charge in [0.1, 0.15) is 0 Å². The molecule has 32 heavy (non-hydrogen) atoms. The van der Waals surface area contributed by atoms with Crippen molar-refractivity contribution in [2.75, 3.05) is 6.54 Å². The maximum atomic E-state index is 13.3. The Morgan fingerprint density at radius 1 is 1.16 bits per heavy atom. The normalized spacial score (nSPS) is 12.7. The van der Waals surface area contributed by atoms with Gasteiger partial charge in [-0.3, -0.25) is 14.2 Å². The molecule has 5 nitrogen and oxygen atoms in total. The number of amides is 1. The van der Waals surface area contributed by atoms with Crippen LogP contribution in [-0.4, -0.2) is 27.3 Å². The standard InChI is InChI=1S/C23H24F3N3O2S/c1-3-4-7-13-27-20(30)15(2)32-22-28-19-12-6-5-11-18(19)21(31)29(22)17-10-8-9-16(14-17)23(24,25)26/h5-6,8-12,14-15H,3-4,7,13H2,1-2H3,(H,27,30). The number of thioether (sulfide) groups is 1. The summed E-state index contributed by atoms with van der Waals surface area (Å²) in [5.41, 5.74) is -0.902. The molecular weight excluding hydrogens is 439 g/mol. The third-order valence-corrected chi connectivity index (χ3v) is 5.96. The molecule has 1 atom stereocenters. The van der Waals surface area contributed by atoms with E-state index in [1.807, 2.05) is 0 Å². The molecule has 1 amide bonds. The van der Waals surface area contributed by atoms with Gasteiger partial charge in [-0.05, 0) is 43.7 Å². The lowest BCUT2D eigenvalue weighted by molar-refractivity contribution is -0.137. The summed E-state index contributed by atoms with van der Waals surface area (Å²) in [7, 11) is 0. The molecule has 0 saturated carbocycles. The van der Waals surface area contributed by atoms with Crippen LogP contribution in [0.4, 0.5) is 13.2 Å². The molecule has 0 aliphatic heterocycles. The van der Waals surface area contributed by atoms with Gasteiger partial charge in [0, 0.05) is 6.54 Å². The number of carbonyl (C=O) groups excluding carboxylic acids is 1. The minimum absolute atomic E-state index is 0.0427. The summed E-state index contributed by atoms with van der Waals surface area (Å²) in [5.74, 6) is -0.218. The molecule has 1 aromatic heterocycles. The lowest BCUT2D eigenvalue weighted by atomic mass is 10.2. The van der Waals surface area contributed by atoms with Gasteiger partial charge in [0.05, 0.1) is 27.4 Å². The number of hydrogen-bond donors (Lipinski definition) is 1. The number of carbonyl (C=O) groups is 1. The van der Waals surface area contributed by atoms with Crippen LogP contribution in [-0.2, 0) is 11.0 Å². The van der Waals surface area contributed by atoms with E-state index in [1.165, 1.54) is 12.1 Å². The number of nitrogens with zero attached hydrogens (tertiary/aromatic N) is 2. The van der Waals surface area contributed by atoms with Gasteiger partial charge in [-0.15, -0.1) is 0 Å². The number of nitrogens with one attached hydrogen (secondary N) is 1. The fourth-order valence-electron chi connectivity index (χ4n) is 3.18. The van der Waals surface area contributed by atoms with Gasteiger partial charge in [-0.1, -0.05) is 49.7 Å². The summed E-state index contributed by atoms with van der Waals surface area (Å²) in [4.78, 5) is 30.2. The SMILES string of the molecule is CCCCCNC(=O)C(C)Sc1nc2ccccc2c(=O)n1-c1cccc(C(F)(F)F)c1. The molecule has 0 saturated heterocycles. The molecule has 1 N–H and O–H groups in total. The van der Waals surface area contributed by atoms with Crippen LogP contribution in [0.15, 0.2) is 58.5 Å². The molecular formula is C23H24F3N3O2S. The number of unbranched alkanes of at least 4 members (excludes halogenated alkanes) is 2. The van der Waals surface area contributed by atoms with E-state index in [9.17, 15) is 22.8 Å². The van der Waals surface area contributed by atoms with Crippen molar-refractivity contribution in [3.8, 4) is 5.69 Å². The van der Waals surface area contributed by atoms with Crippen LogP contribution in [0.2, 0.25) is 0 Å². The van der Waals surface area contributed by atoms with E-state index >= 15 is 0 Å². The Balaban J connectivity index is 2.02. The van der Waals surface area contributed by atoms with Crippen LogP contribution in [0.5, 0.6) is 0 Å². The minimum Gasteiger partial charge on any atom is -0.355 e. The first-order valence-corrected chi connectivity index (χ1v) is 11.2. The van der Waals surface area contributed by atoms with Crippen molar-refractivity contribution in [2.45, 2.75) is 49.7 Å². The first-order chi connectivity index (χ1) is 15.2. The van der Waals surface area contributed by atoms with Crippen molar-refractivity contribution in [3.63, 3.8) is 0 Å². The number of hydrogen-bond acceptors (Lipinski definition) is 4. The summed E-state index contributed by atoms with van der Waals surface area (Å²) in [5, 5.41) is 2.70. The van der Waals surface area contributed by atoms with Gasteiger partial charge in [-0.25, -0.2) is 4.98 Å². The summed E-state index contributed by atoms with van der Waals surface area (Å²) in [6.45, 7) is 4.29. The van der Waals surface area contributed by atoms with Gasteiger partial charge in [0.15, 0.2) is 5.16 Å². The van der Waals surface area contributed by atoms with E-state index in [1.54, 1.807) is 31.2 Å². The van der Waals surface area contributed by atoms with Crippen LogP contribution in [0, 0.1) is 0 Å². The van der Waals surface area contributed by atoms with Crippen LogP contribution in [0.25, 0.3) is 16.6 Å². The molecule has 0 aliphatic carbocycles. The van der Waals surface area contributed by atoms with E-state index in [4.69, 9.17) is 0 Å². The highest BCUT2D eigenvalue weighted by atomic mass is 32.2. The highest BCUT2D eigenvalue weighted by Crippen LogP contribution is 2.31. The summed E-state index contributed by atoms with van der Waals surface area (Å²) < 4.78 is 40.9. The lowest BCUT2D eigenvalue weighted by Crippen LogP contribution is -2.32. The number of fused-ring (bicyclic) bond motifs is 1. The predicted molar refractivity (Wildman–Crippen MR) is 120 cm³/mol. The van der Waals surface area contributed by atoms with Gasteiger partial charge in [-0.2, -0.15) is 13.2 Å². The molecule has 170 valence electrons. The van der Waals surface area contributed by atoms with Gasteiger partial charge in [0.25, 0.3) is 5.56 Å². The fourth-order valence-corrected chi connectivity index (χ4v) is 4.13. The maximum absolute atomic E-state index is 13.3. The topological polar surface area (TPSA) is 64.0 Å². The Morgan fingerprint density at radius 3 is 2.62 bits per heavy atom. The number of benzene rings is 2. The summed E-state index contributed by atoms with van der Waals surface area (Å²) >= 11 is 1.04. The Labute approximate surface area is 188 Å². The van der Waals surface area contributed by atoms with Crippen molar-refractivity contribution in [3.05, 3.63) is 64.4 Å². The second-order valence-electron chi connectivity index (χ2n) is 7.36. The van der Waals surface area contributed by atoms with Crippen molar-refractivity contribution < 1.29 is 18.0 Å². The van der Waals surface area contributed by atoms with Gasteiger partial charge < -0.3 is 5.32 Å². The molecule has 0 spiro atoms. The average molecular weight is 464 g/mol. The zero-order valence-corrected chi connectivity index (χ0v) is 18.6. The van der Waals surface area contributed by atoms with Crippen LogP contribution < -0.4 is 10.9 Å². The summed E-state index contributed by atoms with van der Waals surface area (Å²) in [6, 6.07) is 11.2. The molecule has 3 aromatic rings. The third kappa shape index (κ3) is 5.51. The Hall–Kier alpha value is -2.81. The highest BCUT2D eigenvalue weighted by molar-refractivity contribution is 8.00. The predicted octanol–water partition coefficient (Wildman–Crippen LogP) is 5.19. The number of rotatable bonds is 8. The number of halogens is 3. The molecule has 0 aliphatic rings. The van der Waals surface area contributed by atoms with Crippen LogP contribution in [0.3, 0.4) is 0 Å². The molecule has 2 aromatic carbocycles.